The summed E-state index contributed by atoms with van der Waals surface area (Å²) in [7, 11) is 4.00. The van der Waals surface area contributed by atoms with E-state index in [-0.39, 0.29) is 19.0 Å². The molecule has 1 aliphatic rings. The lowest BCUT2D eigenvalue weighted by molar-refractivity contribution is 0.113. The minimum Gasteiger partial charge on any atom is -0.493 e. The number of nitrogens with zero attached hydrogens (tertiary/aromatic N) is 1. The molecule has 3 aromatic rings. The van der Waals surface area contributed by atoms with E-state index in [9.17, 15) is 18.7 Å². The van der Waals surface area contributed by atoms with Crippen molar-refractivity contribution in [3.8, 4) is 11.5 Å². The molecule has 3 aromatic carbocycles. The van der Waals surface area contributed by atoms with Gasteiger partial charge in [-0.1, -0.05) is 24.3 Å². The highest BCUT2D eigenvalue weighted by Gasteiger charge is 2.27. The smallest absolute Gasteiger partial charge is 0.412 e. The maximum atomic E-state index is 13.8. The lowest BCUT2D eigenvalue weighted by Crippen LogP contribution is -2.50. The Hall–Kier alpha value is -3.53. The first kappa shape index (κ1) is 27.5. The van der Waals surface area contributed by atoms with E-state index < -0.39 is 29.9 Å². The average molecular weight is 526 g/mol. The van der Waals surface area contributed by atoms with Gasteiger partial charge in [0.05, 0.1) is 18.8 Å². The van der Waals surface area contributed by atoms with Crippen molar-refractivity contribution in [1.29, 1.82) is 0 Å². The summed E-state index contributed by atoms with van der Waals surface area (Å²) in [5, 5.41) is 17.2. The summed E-state index contributed by atoms with van der Waals surface area (Å²) in [5.41, 5.74) is 2.45. The monoisotopic (exact) mass is 525 g/mol. The Balaban J connectivity index is 1.47. The number of ether oxygens (including phenoxy) is 2. The number of hydrogen-bond acceptors (Lipinski definition) is 6. The number of nitrogens with one attached hydrogen (secondary N) is 2. The zero-order valence-electron chi connectivity index (χ0n) is 21.5. The maximum Gasteiger partial charge on any atom is 0.412 e. The van der Waals surface area contributed by atoms with Gasteiger partial charge in [0.15, 0.2) is 0 Å². The lowest BCUT2D eigenvalue weighted by Gasteiger charge is -2.30. The second kappa shape index (κ2) is 12.8. The van der Waals surface area contributed by atoms with E-state index in [1.165, 1.54) is 12.1 Å². The van der Waals surface area contributed by atoms with Gasteiger partial charge in [-0.05, 0) is 68.0 Å². The molecule has 1 heterocycles. The van der Waals surface area contributed by atoms with Crippen molar-refractivity contribution < 1.29 is 28.2 Å². The largest absolute Gasteiger partial charge is 0.493 e. The molecule has 1 amide bonds. The summed E-state index contributed by atoms with van der Waals surface area (Å²) in [5.74, 6) is -0.335. The van der Waals surface area contributed by atoms with Crippen LogP contribution in [-0.2, 0) is 13.0 Å². The quantitative estimate of drug-likeness (QED) is 0.368. The van der Waals surface area contributed by atoms with Gasteiger partial charge in [-0.15, -0.1) is 0 Å². The van der Waals surface area contributed by atoms with E-state index in [4.69, 9.17) is 9.47 Å². The first-order valence-corrected chi connectivity index (χ1v) is 12.6. The number of amides is 1. The molecule has 0 bridgehead atoms. The molecule has 4 rings (SSSR count). The summed E-state index contributed by atoms with van der Waals surface area (Å²) < 4.78 is 38.8. The minimum absolute atomic E-state index is 0.00123. The molecule has 3 atom stereocenters. The van der Waals surface area contributed by atoms with Gasteiger partial charge in [0, 0.05) is 37.2 Å². The third-order valence-electron chi connectivity index (χ3n) is 6.29. The predicted molar refractivity (Wildman–Crippen MR) is 140 cm³/mol. The Morgan fingerprint density at radius 2 is 1.82 bits per heavy atom. The minimum atomic E-state index is -1.08. The number of aliphatic hydroxyl groups excluding tert-OH is 1. The van der Waals surface area contributed by atoms with Crippen LogP contribution in [0.2, 0.25) is 0 Å². The molecular weight excluding hydrogens is 492 g/mol. The molecule has 38 heavy (non-hydrogen) atoms. The van der Waals surface area contributed by atoms with Gasteiger partial charge in [-0.3, -0.25) is 0 Å². The number of carbonyl (C=O) groups excluding carboxylic acids is 1. The first-order chi connectivity index (χ1) is 18.3. The Kier molecular flexibility index (Phi) is 9.28. The second-order valence-electron chi connectivity index (χ2n) is 9.71. The van der Waals surface area contributed by atoms with Gasteiger partial charge >= 0.3 is 6.09 Å². The average Bonchev–Trinajstić information content (AvgIpc) is 2.86. The SMILES string of the molecule is CN(C)Cc1ccc2c(c1)C(NC[C@@H](O)[C@H](Cc1cc(F)cc(F)c1)NC(=O)Oc1ccccc1)CCO2. The van der Waals surface area contributed by atoms with Gasteiger partial charge in [0.1, 0.15) is 23.1 Å². The molecule has 3 N–H and O–H groups in total. The van der Waals surface area contributed by atoms with E-state index in [1.54, 1.807) is 30.3 Å². The van der Waals surface area contributed by atoms with Crippen LogP contribution >= 0.6 is 0 Å². The molecular formula is C29H33F2N3O4. The van der Waals surface area contributed by atoms with E-state index in [1.807, 2.05) is 26.2 Å². The van der Waals surface area contributed by atoms with E-state index in [0.717, 1.165) is 29.5 Å². The van der Waals surface area contributed by atoms with Gasteiger partial charge in [-0.25, -0.2) is 13.6 Å². The maximum absolute atomic E-state index is 13.8. The number of carbonyl (C=O) groups is 1. The number of benzene rings is 3. The molecule has 0 saturated carbocycles. The highest BCUT2D eigenvalue weighted by Crippen LogP contribution is 2.33. The number of para-hydroxylation sites is 1. The summed E-state index contributed by atoms with van der Waals surface area (Å²) in [6.45, 7) is 1.43. The number of halogens is 2. The second-order valence-corrected chi connectivity index (χ2v) is 9.71. The molecule has 1 unspecified atom stereocenters. The van der Waals surface area contributed by atoms with Gasteiger partial charge in [-0.2, -0.15) is 0 Å². The highest BCUT2D eigenvalue weighted by atomic mass is 19.1. The van der Waals surface area contributed by atoms with Crippen molar-refractivity contribution in [1.82, 2.24) is 15.5 Å². The zero-order chi connectivity index (χ0) is 27.1. The normalized spacial score (nSPS) is 16.3. The third-order valence-corrected chi connectivity index (χ3v) is 6.29. The van der Waals surface area contributed by atoms with Crippen LogP contribution in [0.15, 0.2) is 66.7 Å². The van der Waals surface area contributed by atoms with Crippen molar-refractivity contribution in [2.75, 3.05) is 27.2 Å². The van der Waals surface area contributed by atoms with Crippen LogP contribution in [0.3, 0.4) is 0 Å². The zero-order valence-corrected chi connectivity index (χ0v) is 21.5. The fourth-order valence-electron chi connectivity index (χ4n) is 4.57. The Morgan fingerprint density at radius 1 is 1.08 bits per heavy atom. The summed E-state index contributed by atoms with van der Waals surface area (Å²) >= 11 is 0. The summed E-state index contributed by atoms with van der Waals surface area (Å²) in [4.78, 5) is 14.7. The Morgan fingerprint density at radius 3 is 2.53 bits per heavy atom. The molecule has 0 fully saturated rings. The molecule has 202 valence electrons. The van der Waals surface area contributed by atoms with E-state index in [0.29, 0.717) is 24.3 Å². The number of fused-ring (bicyclic) bond motifs is 1. The molecule has 0 spiro atoms. The van der Waals surface area contributed by atoms with E-state index >= 15 is 0 Å². The Labute approximate surface area is 221 Å². The number of rotatable bonds is 10. The summed E-state index contributed by atoms with van der Waals surface area (Å²) in [6.07, 6.45) is -1.16. The fourth-order valence-corrected chi connectivity index (χ4v) is 4.57. The van der Waals surface area contributed by atoms with Crippen LogP contribution in [0.1, 0.15) is 29.2 Å². The van der Waals surface area contributed by atoms with Gasteiger partial charge < -0.3 is 30.1 Å². The van der Waals surface area contributed by atoms with Crippen molar-refractivity contribution >= 4 is 6.09 Å². The van der Waals surface area contributed by atoms with Crippen LogP contribution < -0.4 is 20.1 Å². The number of aliphatic hydroxyl groups is 1. The molecule has 7 nitrogen and oxygen atoms in total. The highest BCUT2D eigenvalue weighted by molar-refractivity contribution is 5.70. The number of hydrogen-bond donors (Lipinski definition) is 3. The van der Waals surface area contributed by atoms with Gasteiger partial charge in [0.2, 0.25) is 0 Å². The molecule has 1 aliphatic heterocycles. The van der Waals surface area contributed by atoms with Gasteiger partial charge in [0.25, 0.3) is 0 Å². The molecule has 9 heteroatoms. The van der Waals surface area contributed by atoms with Crippen LogP contribution in [0.5, 0.6) is 11.5 Å². The molecule has 0 aromatic heterocycles. The van der Waals surface area contributed by atoms with Crippen molar-refractivity contribution in [3.05, 3.63) is 95.1 Å². The third kappa shape index (κ3) is 7.74. The van der Waals surface area contributed by atoms with E-state index in [2.05, 4.69) is 21.6 Å². The van der Waals surface area contributed by atoms with Crippen molar-refractivity contribution in [3.63, 3.8) is 0 Å². The lowest BCUT2D eigenvalue weighted by atomic mass is 9.96. The topological polar surface area (TPSA) is 83.1 Å². The molecule has 0 saturated heterocycles. The standard InChI is InChI=1S/C29H33F2N3O4/c1-34(2)18-19-8-9-28-24(14-19)25(10-11-37-28)32-17-27(35)26(15-20-12-21(30)16-22(31)13-20)33-29(36)38-23-6-4-3-5-7-23/h3-9,12-14,16,25-27,32,35H,10-11,15,17-18H2,1-2H3,(H,33,36)/t25?,26-,27+/m0/s1. The van der Waals surface area contributed by atoms with Crippen LogP contribution in [-0.4, -0.2) is 55.5 Å². The molecule has 0 radical (unpaired) electrons. The van der Waals surface area contributed by atoms with Crippen LogP contribution in [0.25, 0.3) is 0 Å². The predicted octanol–water partition coefficient (Wildman–Crippen LogP) is 4.20. The van der Waals surface area contributed by atoms with Crippen LogP contribution in [0, 0.1) is 11.6 Å². The summed E-state index contributed by atoms with van der Waals surface area (Å²) in [6, 6.07) is 16.8. The Bertz CT molecular complexity index is 1210. The first-order valence-electron chi connectivity index (χ1n) is 12.6. The van der Waals surface area contributed by atoms with Crippen molar-refractivity contribution in [2.45, 2.75) is 37.6 Å². The van der Waals surface area contributed by atoms with Crippen LogP contribution in [0.4, 0.5) is 13.6 Å². The fraction of sp³-hybridized carbons (Fsp3) is 0.345. The molecule has 0 aliphatic carbocycles. The van der Waals surface area contributed by atoms with Crippen molar-refractivity contribution in [2.24, 2.45) is 0 Å².